The summed E-state index contributed by atoms with van der Waals surface area (Å²) in [5.41, 5.74) is 0. The molecule has 5 heteroatoms. The molecule has 0 spiro atoms. The maximum Gasteiger partial charge on any atom is 2.00 e. The third kappa shape index (κ3) is 23.4. The van der Waals surface area contributed by atoms with Gasteiger partial charge in [0.05, 0.1) is 0 Å². The third-order valence-corrected chi connectivity index (χ3v) is 0. The van der Waals surface area contributed by atoms with Crippen molar-refractivity contribution in [1.82, 2.24) is 6.15 Å². The zero-order chi connectivity index (χ0) is 0. The minimum atomic E-state index is 0. The molecule has 0 aromatic carbocycles. The quantitative estimate of drug-likeness (QED) is 0.330. The first-order valence-electron chi connectivity index (χ1n) is 0. The number of rotatable bonds is 0. The van der Waals surface area contributed by atoms with Crippen molar-refractivity contribution < 1.29 is 24.8 Å². The molecule has 0 aliphatic carbocycles. The van der Waals surface area contributed by atoms with Crippen molar-refractivity contribution in [3.05, 3.63) is 0 Å². The molecule has 0 aliphatic rings. The predicted molar refractivity (Wildman–Crippen MR) is 16.5 cm³/mol. The van der Waals surface area contributed by atoms with Gasteiger partial charge in [-0.05, 0) is 0 Å². The molecule has 5 heavy (non-hydrogen) atoms. The fourth-order valence-corrected chi connectivity index (χ4v) is 0. The van der Waals surface area contributed by atoms with Crippen LogP contribution in [0.15, 0.2) is 0 Å². The van der Waals surface area contributed by atoms with Gasteiger partial charge in [0.25, 0.3) is 0 Å². The normalized spacial score (nSPS) is 0. The van der Waals surface area contributed by atoms with E-state index < -0.39 is 0 Å². The Morgan fingerprint density at radius 1 is 0.600 bits per heavy atom. The van der Waals surface area contributed by atoms with Crippen LogP contribution in [0.2, 0.25) is 0 Å². The van der Waals surface area contributed by atoms with Crippen LogP contribution in [-0.4, -0.2) is 46.1 Å². The predicted octanol–water partition coefficient (Wildman–Crippen LogP) is -6.59. The summed E-state index contributed by atoms with van der Waals surface area (Å²) < 4.78 is 0. The van der Waals surface area contributed by atoms with Gasteiger partial charge < -0.3 is 31.0 Å². The zero-order valence-electron chi connectivity index (χ0n) is 2.88. The van der Waals surface area contributed by atoms with Crippen molar-refractivity contribution >= 4 is 46.1 Å². The molecule has 0 aliphatic heterocycles. The smallest absolute Gasteiger partial charge is 1.00 e. The topological polar surface area (TPSA) is 35.0 Å². The first kappa shape index (κ1) is 60.7. The Bertz CT molecular complexity index is 7.61. The van der Waals surface area contributed by atoms with Crippen LogP contribution in [0.4, 0.5) is 0 Å². The largest absolute Gasteiger partial charge is 2.00 e. The van der Waals surface area contributed by atoms with Gasteiger partial charge in [-0.2, -0.15) is 0 Å². The molecule has 24 valence electrons. The second-order valence-corrected chi connectivity index (χ2v) is 0. The van der Waals surface area contributed by atoms with E-state index in [1.165, 1.54) is 0 Å². The molecule has 0 radical (unpaired) electrons. The molecule has 0 saturated carbocycles. The van der Waals surface area contributed by atoms with E-state index in [1.54, 1.807) is 0 Å². The van der Waals surface area contributed by atoms with Crippen LogP contribution < -0.4 is 31.0 Å². The average molecular weight is 137 g/mol. The zero-order valence-corrected chi connectivity index (χ0v) is 7.22. The minimum Gasteiger partial charge on any atom is -1.00 e. The summed E-state index contributed by atoms with van der Waals surface area (Å²) in [6.07, 6.45) is 0. The van der Waals surface area contributed by atoms with Gasteiger partial charge in [-0.1, -0.05) is 0 Å². The maximum absolute atomic E-state index is 0. The Kier molecular flexibility index (Phi) is 442. The van der Waals surface area contributed by atoms with Crippen LogP contribution >= 0.6 is 0 Å². The maximum atomic E-state index is 0. The standard InChI is InChI=1S/2ClH.2Mg.H3N/h2*1H;;;1H3/q;;2*+2;/p-2. The molecule has 0 amide bonds. The van der Waals surface area contributed by atoms with Gasteiger partial charge in [0.1, 0.15) is 0 Å². The summed E-state index contributed by atoms with van der Waals surface area (Å²) in [4.78, 5) is 0. The van der Waals surface area contributed by atoms with E-state index in [0.29, 0.717) is 0 Å². The van der Waals surface area contributed by atoms with Gasteiger partial charge in [0.15, 0.2) is 0 Å². The summed E-state index contributed by atoms with van der Waals surface area (Å²) in [7, 11) is 0. The Balaban J connectivity index is 0. The molecule has 0 aromatic heterocycles. The van der Waals surface area contributed by atoms with E-state index in [2.05, 4.69) is 0 Å². The second kappa shape index (κ2) is 36.4. The number of hydrogen-bond acceptors (Lipinski definition) is 1. The van der Waals surface area contributed by atoms with Crippen LogP contribution in [0, 0.1) is 0 Å². The van der Waals surface area contributed by atoms with Crippen molar-refractivity contribution in [2.75, 3.05) is 0 Å². The Hall–Kier alpha value is 2.07. The van der Waals surface area contributed by atoms with Crippen LogP contribution in [0.5, 0.6) is 0 Å². The molecule has 0 atom stereocenters. The molecule has 0 saturated heterocycles. The van der Waals surface area contributed by atoms with E-state index in [-0.39, 0.29) is 77.1 Å². The number of hydrogen-bond donors (Lipinski definition) is 1. The van der Waals surface area contributed by atoms with Gasteiger partial charge >= 0.3 is 46.1 Å². The van der Waals surface area contributed by atoms with Gasteiger partial charge in [0.2, 0.25) is 0 Å². The summed E-state index contributed by atoms with van der Waals surface area (Å²) in [5.74, 6) is 0. The Labute approximate surface area is 76.4 Å². The van der Waals surface area contributed by atoms with Gasteiger partial charge in [-0.25, -0.2) is 0 Å². The fraction of sp³-hybridized carbons (Fsp3) is 0. The van der Waals surface area contributed by atoms with Gasteiger partial charge in [-0.15, -0.1) is 0 Å². The van der Waals surface area contributed by atoms with E-state index in [1.807, 2.05) is 0 Å². The van der Waals surface area contributed by atoms with Crippen LogP contribution in [0.25, 0.3) is 0 Å². The molecule has 0 heterocycles. The van der Waals surface area contributed by atoms with E-state index in [0.717, 1.165) is 0 Å². The fourth-order valence-electron chi connectivity index (χ4n) is 0. The first-order valence-corrected chi connectivity index (χ1v) is 0. The third-order valence-electron chi connectivity index (χ3n) is 0. The van der Waals surface area contributed by atoms with Gasteiger partial charge in [-0.3, -0.25) is 0 Å². The molecule has 0 rings (SSSR count). The molecule has 3 N–H and O–H groups in total. The molecule has 0 unspecified atom stereocenters. The molecule has 1 nitrogen and oxygen atoms in total. The SMILES string of the molecule is N.[Cl-].[Cl-].[Mg+2].[Mg+2]. The van der Waals surface area contributed by atoms with E-state index >= 15 is 0 Å². The Morgan fingerprint density at radius 2 is 0.600 bits per heavy atom. The Morgan fingerprint density at radius 3 is 0.600 bits per heavy atom. The molecule has 0 aromatic rings. The minimum absolute atomic E-state index is 0. The van der Waals surface area contributed by atoms with Gasteiger partial charge in [0, 0.05) is 0 Å². The molecular formula is H3Cl2Mg2N+2. The summed E-state index contributed by atoms with van der Waals surface area (Å²) >= 11 is 0. The van der Waals surface area contributed by atoms with E-state index in [9.17, 15) is 0 Å². The van der Waals surface area contributed by atoms with Crippen molar-refractivity contribution in [3.63, 3.8) is 0 Å². The van der Waals surface area contributed by atoms with E-state index in [4.69, 9.17) is 0 Å². The molecule has 0 bridgehead atoms. The number of halogens is 2. The summed E-state index contributed by atoms with van der Waals surface area (Å²) in [6, 6.07) is 0. The van der Waals surface area contributed by atoms with Crippen molar-refractivity contribution in [3.8, 4) is 0 Å². The van der Waals surface area contributed by atoms with Crippen molar-refractivity contribution in [2.45, 2.75) is 0 Å². The van der Waals surface area contributed by atoms with Crippen LogP contribution in [-0.2, 0) is 0 Å². The summed E-state index contributed by atoms with van der Waals surface area (Å²) in [5, 5.41) is 0. The average Bonchev–Trinajstić information content (AvgIpc) is 0. The first-order chi connectivity index (χ1) is 0. The van der Waals surface area contributed by atoms with Crippen molar-refractivity contribution in [2.24, 2.45) is 0 Å². The molecular weight excluding hydrogens is 134 g/mol. The molecule has 0 fully saturated rings. The van der Waals surface area contributed by atoms with Crippen molar-refractivity contribution in [1.29, 1.82) is 0 Å². The van der Waals surface area contributed by atoms with Crippen LogP contribution in [0.3, 0.4) is 0 Å². The van der Waals surface area contributed by atoms with Crippen LogP contribution in [0.1, 0.15) is 0 Å². The summed E-state index contributed by atoms with van der Waals surface area (Å²) in [6.45, 7) is 0. The second-order valence-electron chi connectivity index (χ2n) is 0. The monoisotopic (exact) mass is 135 g/mol.